The fourth-order valence-electron chi connectivity index (χ4n) is 2.43. The van der Waals surface area contributed by atoms with Crippen LogP contribution in [-0.4, -0.2) is 29.9 Å². The number of amides is 1. The molecule has 1 aliphatic carbocycles. The van der Waals surface area contributed by atoms with E-state index < -0.39 is 0 Å². The second kappa shape index (κ2) is 3.89. The molecule has 1 heterocycles. The molecule has 3 nitrogen and oxygen atoms in total. The minimum atomic E-state index is 0.238. The van der Waals surface area contributed by atoms with Crippen LogP contribution < -0.4 is 5.73 Å². The smallest absolute Gasteiger partial charge is 0.225 e. The highest BCUT2D eigenvalue weighted by atomic mass is 16.2. The number of hydrogen-bond acceptors (Lipinski definition) is 2. The predicted octanol–water partition coefficient (Wildman–Crippen LogP) is 0.982. The van der Waals surface area contributed by atoms with E-state index in [1.165, 1.54) is 12.8 Å². The average molecular weight is 196 g/mol. The molecule has 3 heteroatoms. The van der Waals surface area contributed by atoms with Gasteiger partial charge in [-0.15, -0.1) is 0 Å². The van der Waals surface area contributed by atoms with Gasteiger partial charge in [-0.25, -0.2) is 0 Å². The zero-order valence-electron chi connectivity index (χ0n) is 8.91. The lowest BCUT2D eigenvalue weighted by atomic mass is 10.0. The third kappa shape index (κ3) is 1.78. The molecule has 1 amide bonds. The maximum absolute atomic E-state index is 12.1. The van der Waals surface area contributed by atoms with E-state index in [0.29, 0.717) is 24.4 Å². The van der Waals surface area contributed by atoms with Crippen LogP contribution in [0.5, 0.6) is 0 Å². The number of rotatable bonds is 3. The van der Waals surface area contributed by atoms with Crippen LogP contribution in [0.3, 0.4) is 0 Å². The van der Waals surface area contributed by atoms with Gasteiger partial charge in [0.05, 0.1) is 0 Å². The van der Waals surface area contributed by atoms with Crippen molar-refractivity contribution in [1.82, 2.24) is 4.90 Å². The van der Waals surface area contributed by atoms with E-state index in [1.54, 1.807) is 0 Å². The van der Waals surface area contributed by atoms with Crippen LogP contribution in [0.4, 0.5) is 0 Å². The van der Waals surface area contributed by atoms with Gasteiger partial charge in [-0.3, -0.25) is 4.79 Å². The molecule has 2 N–H and O–H groups in total. The van der Waals surface area contributed by atoms with Gasteiger partial charge in [-0.2, -0.15) is 0 Å². The van der Waals surface area contributed by atoms with E-state index in [4.69, 9.17) is 5.73 Å². The van der Waals surface area contributed by atoms with Crippen molar-refractivity contribution >= 4 is 5.91 Å². The summed E-state index contributed by atoms with van der Waals surface area (Å²) >= 11 is 0. The average Bonchev–Trinajstić information content (AvgIpc) is 2.94. The fraction of sp³-hybridized carbons (Fsp3) is 0.909. The SMILES string of the molecule is CC(C(=O)N1CCCC1CN)C1CC1. The molecule has 80 valence electrons. The van der Waals surface area contributed by atoms with Gasteiger partial charge in [-0.05, 0) is 31.6 Å². The van der Waals surface area contributed by atoms with E-state index in [9.17, 15) is 4.79 Å². The zero-order chi connectivity index (χ0) is 10.1. The molecule has 14 heavy (non-hydrogen) atoms. The Morgan fingerprint density at radius 1 is 1.50 bits per heavy atom. The van der Waals surface area contributed by atoms with Crippen LogP contribution in [0.15, 0.2) is 0 Å². The van der Waals surface area contributed by atoms with Crippen molar-refractivity contribution in [1.29, 1.82) is 0 Å². The van der Waals surface area contributed by atoms with Crippen molar-refractivity contribution in [3.8, 4) is 0 Å². The number of hydrogen-bond donors (Lipinski definition) is 1. The summed E-state index contributed by atoms with van der Waals surface area (Å²) in [5.41, 5.74) is 5.66. The van der Waals surface area contributed by atoms with Crippen molar-refractivity contribution in [2.24, 2.45) is 17.6 Å². The highest BCUT2D eigenvalue weighted by Crippen LogP contribution is 2.38. The van der Waals surface area contributed by atoms with Crippen LogP contribution in [0.25, 0.3) is 0 Å². The lowest BCUT2D eigenvalue weighted by Crippen LogP contribution is -2.42. The van der Waals surface area contributed by atoms with E-state index >= 15 is 0 Å². The Kier molecular flexibility index (Phi) is 2.77. The van der Waals surface area contributed by atoms with Crippen molar-refractivity contribution in [3.05, 3.63) is 0 Å². The first kappa shape index (κ1) is 9.97. The van der Waals surface area contributed by atoms with E-state index in [0.717, 1.165) is 19.4 Å². The third-order valence-corrected chi connectivity index (χ3v) is 3.65. The van der Waals surface area contributed by atoms with Gasteiger partial charge in [0, 0.05) is 25.0 Å². The number of nitrogens with zero attached hydrogens (tertiary/aromatic N) is 1. The second-order valence-electron chi connectivity index (χ2n) is 4.69. The van der Waals surface area contributed by atoms with Gasteiger partial charge in [0.2, 0.25) is 5.91 Å². The van der Waals surface area contributed by atoms with Crippen LogP contribution >= 0.6 is 0 Å². The Hall–Kier alpha value is -0.570. The molecule has 1 aliphatic heterocycles. The number of carbonyl (C=O) groups is 1. The van der Waals surface area contributed by atoms with E-state index in [2.05, 4.69) is 6.92 Å². The zero-order valence-corrected chi connectivity index (χ0v) is 8.91. The van der Waals surface area contributed by atoms with Gasteiger partial charge >= 0.3 is 0 Å². The maximum atomic E-state index is 12.1. The van der Waals surface area contributed by atoms with E-state index in [-0.39, 0.29) is 5.92 Å². The molecule has 2 atom stereocenters. The van der Waals surface area contributed by atoms with Crippen LogP contribution in [0, 0.1) is 11.8 Å². The Bertz CT molecular complexity index is 225. The van der Waals surface area contributed by atoms with Crippen molar-refractivity contribution < 1.29 is 4.79 Å². The van der Waals surface area contributed by atoms with Gasteiger partial charge in [0.15, 0.2) is 0 Å². The summed E-state index contributed by atoms with van der Waals surface area (Å²) in [4.78, 5) is 14.1. The summed E-state index contributed by atoms with van der Waals surface area (Å²) in [6.45, 7) is 3.63. The molecule has 0 aromatic rings. The Morgan fingerprint density at radius 3 is 2.79 bits per heavy atom. The monoisotopic (exact) mass is 196 g/mol. The number of nitrogens with two attached hydrogens (primary N) is 1. The quantitative estimate of drug-likeness (QED) is 0.731. The van der Waals surface area contributed by atoms with Gasteiger partial charge in [-0.1, -0.05) is 6.92 Å². The molecule has 2 aliphatic rings. The molecule has 2 rings (SSSR count). The summed E-state index contributed by atoms with van der Waals surface area (Å²) < 4.78 is 0. The van der Waals surface area contributed by atoms with Gasteiger partial charge in [0.1, 0.15) is 0 Å². The lowest BCUT2D eigenvalue weighted by Gasteiger charge is -2.26. The molecule has 2 fully saturated rings. The van der Waals surface area contributed by atoms with Crippen molar-refractivity contribution in [2.75, 3.05) is 13.1 Å². The molecule has 1 saturated carbocycles. The second-order valence-corrected chi connectivity index (χ2v) is 4.69. The molecule has 0 radical (unpaired) electrons. The first-order chi connectivity index (χ1) is 6.74. The fourth-order valence-corrected chi connectivity index (χ4v) is 2.43. The van der Waals surface area contributed by atoms with Crippen molar-refractivity contribution in [2.45, 2.75) is 38.6 Å². The molecule has 1 saturated heterocycles. The highest BCUT2D eigenvalue weighted by molar-refractivity contribution is 5.79. The minimum absolute atomic E-state index is 0.238. The van der Waals surface area contributed by atoms with Crippen molar-refractivity contribution in [3.63, 3.8) is 0 Å². The predicted molar refractivity (Wildman–Crippen MR) is 55.7 cm³/mol. The van der Waals surface area contributed by atoms with Gasteiger partial charge < -0.3 is 10.6 Å². The Labute approximate surface area is 85.6 Å². The molecular weight excluding hydrogens is 176 g/mol. The summed E-state index contributed by atoms with van der Waals surface area (Å²) in [5, 5.41) is 0. The topological polar surface area (TPSA) is 46.3 Å². The molecule has 0 aromatic carbocycles. The molecule has 0 bridgehead atoms. The molecule has 2 unspecified atom stereocenters. The summed E-state index contributed by atoms with van der Waals surface area (Å²) in [7, 11) is 0. The molecule has 0 aromatic heterocycles. The Morgan fingerprint density at radius 2 is 2.21 bits per heavy atom. The van der Waals surface area contributed by atoms with Crippen LogP contribution in [0.2, 0.25) is 0 Å². The number of likely N-dealkylation sites (tertiary alicyclic amines) is 1. The first-order valence-electron chi connectivity index (χ1n) is 5.74. The summed E-state index contributed by atoms with van der Waals surface area (Å²) in [6, 6.07) is 0.323. The highest BCUT2D eigenvalue weighted by Gasteiger charge is 2.37. The lowest BCUT2D eigenvalue weighted by molar-refractivity contribution is -0.136. The third-order valence-electron chi connectivity index (χ3n) is 3.65. The first-order valence-corrected chi connectivity index (χ1v) is 5.74. The normalized spacial score (nSPS) is 29.3. The molecular formula is C11H20N2O. The summed E-state index contributed by atoms with van der Waals surface area (Å²) in [6.07, 6.45) is 4.71. The molecule has 0 spiro atoms. The van der Waals surface area contributed by atoms with Crippen LogP contribution in [0.1, 0.15) is 32.6 Å². The van der Waals surface area contributed by atoms with Gasteiger partial charge in [0.25, 0.3) is 0 Å². The summed E-state index contributed by atoms with van der Waals surface area (Å²) in [5.74, 6) is 1.25. The largest absolute Gasteiger partial charge is 0.338 e. The minimum Gasteiger partial charge on any atom is -0.338 e. The number of carbonyl (C=O) groups excluding carboxylic acids is 1. The Balaban J connectivity index is 1.95. The van der Waals surface area contributed by atoms with Crippen LogP contribution in [-0.2, 0) is 4.79 Å². The maximum Gasteiger partial charge on any atom is 0.225 e. The standard InChI is InChI=1S/C11H20N2O/c1-8(9-4-5-9)11(14)13-6-2-3-10(13)7-12/h8-10H,2-7,12H2,1H3. The van der Waals surface area contributed by atoms with E-state index in [1.807, 2.05) is 4.90 Å².